The highest BCUT2D eigenvalue weighted by Crippen LogP contribution is 2.19. The summed E-state index contributed by atoms with van der Waals surface area (Å²) in [6.07, 6.45) is -6.45. The molecule has 1 rings (SSSR count). The summed E-state index contributed by atoms with van der Waals surface area (Å²) in [6.45, 7) is 2.29. The first-order valence-corrected chi connectivity index (χ1v) is 4.53. The fourth-order valence-corrected chi connectivity index (χ4v) is 1.30. The molecule has 6 nitrogen and oxygen atoms in total. The third kappa shape index (κ3) is 2.41. The summed E-state index contributed by atoms with van der Waals surface area (Å²) in [5.74, 6) is 0. The lowest BCUT2D eigenvalue weighted by molar-refractivity contribution is -0.288. The topological polar surface area (TPSA) is 99.4 Å². The lowest BCUT2D eigenvalue weighted by Crippen LogP contribution is -2.58. The van der Waals surface area contributed by atoms with Crippen molar-refractivity contribution in [3.63, 3.8) is 0 Å². The van der Waals surface area contributed by atoms with Gasteiger partial charge in [0.05, 0.1) is 6.61 Å². The average Bonchev–Trinajstić information content (AvgIpc) is 2.18. The molecule has 1 heterocycles. The standard InChI is InChI=1S/C8H16O6/c1-2-13-3-4-5(9)6(10)7(11)8(12)14-4/h4-12H,2-3H2,1H3/t4-,5+,6+,7-,8-/m1/s1. The third-order valence-electron chi connectivity index (χ3n) is 2.17. The van der Waals surface area contributed by atoms with E-state index in [1.807, 2.05) is 0 Å². The van der Waals surface area contributed by atoms with E-state index in [9.17, 15) is 10.2 Å². The van der Waals surface area contributed by atoms with Crippen molar-refractivity contribution in [1.82, 2.24) is 0 Å². The Morgan fingerprint density at radius 2 is 1.71 bits per heavy atom. The Morgan fingerprint density at radius 1 is 1.07 bits per heavy atom. The Labute approximate surface area is 81.7 Å². The summed E-state index contributed by atoms with van der Waals surface area (Å²) in [4.78, 5) is 0. The highest BCUT2D eigenvalue weighted by molar-refractivity contribution is 4.88. The molecule has 1 fully saturated rings. The summed E-state index contributed by atoms with van der Waals surface area (Å²) in [5.41, 5.74) is 0. The van der Waals surface area contributed by atoms with Gasteiger partial charge >= 0.3 is 0 Å². The maximum Gasteiger partial charge on any atom is 0.184 e. The van der Waals surface area contributed by atoms with Crippen molar-refractivity contribution in [3.8, 4) is 0 Å². The number of ether oxygens (including phenoxy) is 2. The van der Waals surface area contributed by atoms with E-state index in [0.717, 1.165) is 0 Å². The molecule has 0 aromatic rings. The van der Waals surface area contributed by atoms with E-state index in [-0.39, 0.29) is 6.61 Å². The molecule has 84 valence electrons. The molecule has 5 atom stereocenters. The quantitative estimate of drug-likeness (QED) is 0.421. The highest BCUT2D eigenvalue weighted by atomic mass is 16.6. The second-order valence-electron chi connectivity index (χ2n) is 3.20. The minimum atomic E-state index is -1.49. The maximum atomic E-state index is 9.43. The molecule has 1 aliphatic rings. The molecule has 0 amide bonds. The van der Waals surface area contributed by atoms with Crippen molar-refractivity contribution in [1.29, 1.82) is 0 Å². The zero-order valence-electron chi connectivity index (χ0n) is 7.91. The molecule has 0 saturated carbocycles. The van der Waals surface area contributed by atoms with E-state index in [1.54, 1.807) is 6.92 Å². The molecule has 14 heavy (non-hydrogen) atoms. The molecule has 0 aromatic heterocycles. The lowest BCUT2D eigenvalue weighted by atomic mass is 9.99. The Bertz CT molecular complexity index is 175. The third-order valence-corrected chi connectivity index (χ3v) is 2.17. The van der Waals surface area contributed by atoms with Crippen molar-refractivity contribution in [2.75, 3.05) is 13.2 Å². The number of hydrogen-bond acceptors (Lipinski definition) is 6. The summed E-state index contributed by atoms with van der Waals surface area (Å²) in [6, 6.07) is 0. The van der Waals surface area contributed by atoms with Gasteiger partial charge in [0, 0.05) is 6.61 Å². The van der Waals surface area contributed by atoms with E-state index in [2.05, 4.69) is 0 Å². The van der Waals surface area contributed by atoms with Crippen molar-refractivity contribution < 1.29 is 29.9 Å². The van der Waals surface area contributed by atoms with Gasteiger partial charge in [-0.15, -0.1) is 0 Å². The van der Waals surface area contributed by atoms with Gasteiger partial charge in [-0.2, -0.15) is 0 Å². The molecule has 1 aliphatic heterocycles. The highest BCUT2D eigenvalue weighted by Gasteiger charge is 2.42. The number of aliphatic hydroxyl groups is 4. The van der Waals surface area contributed by atoms with Crippen molar-refractivity contribution >= 4 is 0 Å². The Balaban J connectivity index is 2.52. The molecule has 1 saturated heterocycles. The van der Waals surface area contributed by atoms with Gasteiger partial charge in [0.1, 0.15) is 24.4 Å². The van der Waals surface area contributed by atoms with E-state index < -0.39 is 30.7 Å². The summed E-state index contributed by atoms with van der Waals surface area (Å²) in [7, 11) is 0. The normalized spacial score (nSPS) is 43.9. The monoisotopic (exact) mass is 208 g/mol. The van der Waals surface area contributed by atoms with Crippen molar-refractivity contribution in [2.24, 2.45) is 0 Å². The van der Waals surface area contributed by atoms with Gasteiger partial charge in [-0.1, -0.05) is 0 Å². The van der Waals surface area contributed by atoms with Gasteiger partial charge < -0.3 is 29.9 Å². The molecular formula is C8H16O6. The summed E-state index contributed by atoms with van der Waals surface area (Å²) < 4.78 is 9.84. The van der Waals surface area contributed by atoms with Crippen LogP contribution in [0.5, 0.6) is 0 Å². The van der Waals surface area contributed by atoms with Gasteiger partial charge in [0.2, 0.25) is 0 Å². The van der Waals surface area contributed by atoms with Crippen LogP contribution in [-0.2, 0) is 9.47 Å². The average molecular weight is 208 g/mol. The van der Waals surface area contributed by atoms with Crippen LogP contribution >= 0.6 is 0 Å². The molecule has 0 unspecified atom stereocenters. The fourth-order valence-electron chi connectivity index (χ4n) is 1.30. The van der Waals surface area contributed by atoms with Crippen LogP contribution in [0.4, 0.5) is 0 Å². The molecule has 4 N–H and O–H groups in total. The zero-order chi connectivity index (χ0) is 10.7. The molecule has 0 radical (unpaired) electrons. The van der Waals surface area contributed by atoms with Crippen molar-refractivity contribution in [3.05, 3.63) is 0 Å². The fraction of sp³-hybridized carbons (Fsp3) is 1.00. The van der Waals surface area contributed by atoms with E-state index in [1.165, 1.54) is 0 Å². The first kappa shape index (κ1) is 11.8. The Morgan fingerprint density at radius 3 is 2.29 bits per heavy atom. The largest absolute Gasteiger partial charge is 0.387 e. The lowest BCUT2D eigenvalue weighted by Gasteiger charge is -2.38. The van der Waals surface area contributed by atoms with Gasteiger partial charge in [-0.25, -0.2) is 0 Å². The predicted octanol–water partition coefficient (Wildman–Crippen LogP) is -2.18. The van der Waals surface area contributed by atoms with Crippen LogP contribution in [0.15, 0.2) is 0 Å². The first-order valence-electron chi connectivity index (χ1n) is 4.53. The van der Waals surface area contributed by atoms with Gasteiger partial charge in [-0.3, -0.25) is 0 Å². The van der Waals surface area contributed by atoms with E-state index in [0.29, 0.717) is 6.61 Å². The molecule has 0 bridgehead atoms. The second-order valence-corrected chi connectivity index (χ2v) is 3.20. The minimum absolute atomic E-state index is 0.0680. The van der Waals surface area contributed by atoms with Gasteiger partial charge in [-0.05, 0) is 6.92 Å². The van der Waals surface area contributed by atoms with Crippen LogP contribution in [0.2, 0.25) is 0 Å². The predicted molar refractivity (Wildman–Crippen MR) is 45.4 cm³/mol. The van der Waals surface area contributed by atoms with E-state index >= 15 is 0 Å². The number of rotatable bonds is 3. The number of aliphatic hydroxyl groups excluding tert-OH is 4. The summed E-state index contributed by atoms with van der Waals surface area (Å²) >= 11 is 0. The zero-order valence-corrected chi connectivity index (χ0v) is 7.91. The molecule has 0 aromatic carbocycles. The van der Waals surface area contributed by atoms with Crippen molar-refractivity contribution in [2.45, 2.75) is 37.6 Å². The van der Waals surface area contributed by atoms with Crippen LogP contribution in [-0.4, -0.2) is 64.3 Å². The molecule has 0 spiro atoms. The Kier molecular flexibility index (Phi) is 4.24. The Hall–Kier alpha value is -0.240. The minimum Gasteiger partial charge on any atom is -0.387 e. The molecule has 6 heteroatoms. The second kappa shape index (κ2) is 5.01. The first-order chi connectivity index (χ1) is 6.57. The van der Waals surface area contributed by atoms with Crippen LogP contribution < -0.4 is 0 Å². The summed E-state index contributed by atoms with van der Waals surface area (Å²) in [5, 5.41) is 37.0. The number of hydrogen-bond donors (Lipinski definition) is 4. The smallest absolute Gasteiger partial charge is 0.184 e. The van der Waals surface area contributed by atoms with Crippen LogP contribution in [0, 0.1) is 0 Å². The van der Waals surface area contributed by atoms with E-state index in [4.69, 9.17) is 19.7 Å². The van der Waals surface area contributed by atoms with Gasteiger partial charge in [0.25, 0.3) is 0 Å². The maximum absolute atomic E-state index is 9.43. The van der Waals surface area contributed by atoms with Crippen LogP contribution in [0.3, 0.4) is 0 Å². The molecule has 0 aliphatic carbocycles. The van der Waals surface area contributed by atoms with Crippen LogP contribution in [0.1, 0.15) is 6.92 Å². The van der Waals surface area contributed by atoms with Gasteiger partial charge in [0.15, 0.2) is 6.29 Å². The van der Waals surface area contributed by atoms with Crippen LogP contribution in [0.25, 0.3) is 0 Å². The SMILES string of the molecule is CCOC[C@H]1O[C@@H](O)[C@H](O)[C@@H](O)[C@H]1O. The molecular weight excluding hydrogens is 192 g/mol.